The van der Waals surface area contributed by atoms with Gasteiger partial charge in [-0.25, -0.2) is 4.39 Å². The zero-order chi connectivity index (χ0) is 13.7. The molecule has 0 fully saturated rings. The topological polar surface area (TPSA) is 81.1 Å². The minimum atomic E-state index is -0.486. The Bertz CT molecular complexity index is 642. The first kappa shape index (κ1) is 12.8. The summed E-state index contributed by atoms with van der Waals surface area (Å²) < 4.78 is 17.9. The first-order chi connectivity index (χ1) is 9.20. The van der Waals surface area contributed by atoms with Crippen molar-refractivity contribution in [2.45, 2.75) is 0 Å². The predicted octanol–water partition coefficient (Wildman–Crippen LogP) is 1.38. The normalized spacial score (nSPS) is 9.58. The number of amides is 1. The first-order valence-electron chi connectivity index (χ1n) is 5.41. The lowest BCUT2D eigenvalue weighted by molar-refractivity contribution is 0.0988. The van der Waals surface area contributed by atoms with Crippen LogP contribution in [0.2, 0.25) is 0 Å². The second-order valence-corrected chi connectivity index (χ2v) is 3.53. The van der Waals surface area contributed by atoms with Crippen LogP contribution in [-0.2, 0) is 0 Å². The lowest BCUT2D eigenvalue weighted by atomic mass is 10.1. The van der Waals surface area contributed by atoms with Crippen LogP contribution in [0.5, 0.6) is 0 Å². The number of nitrogens with two attached hydrogens (primary N) is 1. The molecule has 1 aromatic carbocycles. The van der Waals surface area contributed by atoms with Crippen LogP contribution < -0.4 is 11.1 Å². The fourth-order valence-electron chi connectivity index (χ4n) is 1.39. The largest absolute Gasteiger partial charge is 0.351 e. The highest BCUT2D eigenvalue weighted by Crippen LogP contribution is 2.17. The van der Waals surface area contributed by atoms with Gasteiger partial charge in [0.25, 0.3) is 5.91 Å². The van der Waals surface area contributed by atoms with Gasteiger partial charge in [-0.3, -0.25) is 4.79 Å². The van der Waals surface area contributed by atoms with E-state index in [4.69, 9.17) is 10.3 Å². The number of rotatable bonds is 2. The first-order valence-corrected chi connectivity index (χ1v) is 5.41. The van der Waals surface area contributed by atoms with Crippen LogP contribution in [0.4, 0.5) is 10.1 Å². The third-order valence-corrected chi connectivity index (χ3v) is 2.22. The van der Waals surface area contributed by atoms with Crippen molar-refractivity contribution >= 4 is 11.6 Å². The molecule has 96 valence electrons. The molecule has 0 aliphatic rings. The molecule has 0 saturated heterocycles. The SMILES string of the molecule is NCC#Cc1cc(F)ccc1NC(=O)c1ccno1. The Labute approximate surface area is 108 Å². The maximum atomic E-state index is 13.1. The number of halogens is 1. The molecular formula is C13H10FN3O2. The summed E-state index contributed by atoms with van der Waals surface area (Å²) in [6.45, 7) is 0.145. The number of hydrogen-bond acceptors (Lipinski definition) is 4. The molecule has 2 aromatic rings. The zero-order valence-electron chi connectivity index (χ0n) is 9.81. The summed E-state index contributed by atoms with van der Waals surface area (Å²) in [5.41, 5.74) is 5.99. The molecule has 3 N–H and O–H groups in total. The molecule has 1 amide bonds. The highest BCUT2D eigenvalue weighted by molar-refractivity contribution is 6.02. The Kier molecular flexibility index (Phi) is 3.90. The Balaban J connectivity index is 2.27. The number of hydrogen-bond donors (Lipinski definition) is 2. The van der Waals surface area contributed by atoms with Crippen LogP contribution in [0.3, 0.4) is 0 Å². The Morgan fingerprint density at radius 2 is 2.32 bits per heavy atom. The molecule has 0 saturated carbocycles. The molecule has 0 aliphatic carbocycles. The highest BCUT2D eigenvalue weighted by atomic mass is 19.1. The smallest absolute Gasteiger partial charge is 0.294 e. The quantitative estimate of drug-likeness (QED) is 0.798. The van der Waals surface area contributed by atoms with Crippen molar-refractivity contribution in [3.8, 4) is 11.8 Å². The number of nitrogens with zero attached hydrogens (tertiary/aromatic N) is 1. The van der Waals surface area contributed by atoms with E-state index < -0.39 is 11.7 Å². The minimum Gasteiger partial charge on any atom is -0.351 e. The summed E-state index contributed by atoms with van der Waals surface area (Å²) in [6.07, 6.45) is 1.36. The maximum absolute atomic E-state index is 13.1. The van der Waals surface area contributed by atoms with Gasteiger partial charge in [-0.2, -0.15) is 0 Å². The van der Waals surface area contributed by atoms with Crippen molar-refractivity contribution < 1.29 is 13.7 Å². The van der Waals surface area contributed by atoms with E-state index in [-0.39, 0.29) is 12.3 Å². The zero-order valence-corrected chi connectivity index (χ0v) is 9.81. The second-order valence-electron chi connectivity index (χ2n) is 3.53. The average Bonchev–Trinajstić information content (AvgIpc) is 2.93. The third kappa shape index (κ3) is 3.18. The number of benzene rings is 1. The minimum absolute atomic E-state index is 0.0575. The Morgan fingerprint density at radius 1 is 1.47 bits per heavy atom. The molecule has 0 unspecified atom stereocenters. The van der Waals surface area contributed by atoms with Crippen LogP contribution in [0, 0.1) is 17.7 Å². The van der Waals surface area contributed by atoms with Crippen molar-refractivity contribution in [2.75, 3.05) is 11.9 Å². The summed E-state index contributed by atoms with van der Waals surface area (Å²) in [6, 6.07) is 5.29. The van der Waals surface area contributed by atoms with E-state index in [1.165, 1.54) is 30.5 Å². The van der Waals surface area contributed by atoms with Gasteiger partial charge < -0.3 is 15.6 Å². The van der Waals surface area contributed by atoms with E-state index in [0.717, 1.165) is 0 Å². The molecule has 0 radical (unpaired) electrons. The molecule has 1 aromatic heterocycles. The van der Waals surface area contributed by atoms with E-state index in [2.05, 4.69) is 22.3 Å². The van der Waals surface area contributed by atoms with E-state index in [1.54, 1.807) is 0 Å². The summed E-state index contributed by atoms with van der Waals surface area (Å²) in [7, 11) is 0. The van der Waals surface area contributed by atoms with Gasteiger partial charge in [-0.1, -0.05) is 17.0 Å². The number of nitrogens with one attached hydrogen (secondary N) is 1. The number of carbonyl (C=O) groups excluding carboxylic acids is 1. The number of carbonyl (C=O) groups is 1. The van der Waals surface area contributed by atoms with Gasteiger partial charge >= 0.3 is 0 Å². The summed E-state index contributed by atoms with van der Waals surface area (Å²) in [5, 5.41) is 6.00. The van der Waals surface area contributed by atoms with E-state index in [9.17, 15) is 9.18 Å². The van der Waals surface area contributed by atoms with Crippen LogP contribution in [0.25, 0.3) is 0 Å². The lowest BCUT2D eigenvalue weighted by Gasteiger charge is -2.05. The summed E-state index contributed by atoms with van der Waals surface area (Å²) >= 11 is 0. The van der Waals surface area contributed by atoms with Gasteiger partial charge in [0.05, 0.1) is 24.0 Å². The molecule has 0 aliphatic heterocycles. The van der Waals surface area contributed by atoms with Crippen molar-refractivity contribution in [1.82, 2.24) is 5.16 Å². The van der Waals surface area contributed by atoms with Gasteiger partial charge in [0.15, 0.2) is 0 Å². The summed E-state index contributed by atoms with van der Waals surface area (Å²) in [4.78, 5) is 11.8. The number of aromatic nitrogens is 1. The van der Waals surface area contributed by atoms with E-state index in [0.29, 0.717) is 11.3 Å². The predicted molar refractivity (Wildman–Crippen MR) is 66.8 cm³/mol. The van der Waals surface area contributed by atoms with Crippen molar-refractivity contribution in [1.29, 1.82) is 0 Å². The molecule has 0 bridgehead atoms. The fraction of sp³-hybridized carbons (Fsp3) is 0.0769. The van der Waals surface area contributed by atoms with E-state index in [1.807, 2.05) is 0 Å². The van der Waals surface area contributed by atoms with Gasteiger partial charge in [0.1, 0.15) is 5.82 Å². The maximum Gasteiger partial charge on any atom is 0.294 e. The molecule has 1 heterocycles. The molecule has 6 heteroatoms. The van der Waals surface area contributed by atoms with Crippen molar-refractivity contribution in [3.63, 3.8) is 0 Å². The van der Waals surface area contributed by atoms with Gasteiger partial charge in [0, 0.05) is 6.07 Å². The van der Waals surface area contributed by atoms with Crippen LogP contribution in [0.15, 0.2) is 35.0 Å². The molecule has 0 atom stereocenters. The van der Waals surface area contributed by atoms with Gasteiger partial charge in [-0.15, -0.1) is 0 Å². The van der Waals surface area contributed by atoms with Crippen LogP contribution >= 0.6 is 0 Å². The standard InChI is InChI=1S/C13H10FN3O2/c14-10-3-4-11(9(8-10)2-1-6-15)17-13(18)12-5-7-16-19-12/h3-5,7-8H,6,15H2,(H,17,18). The number of anilines is 1. The van der Waals surface area contributed by atoms with Crippen LogP contribution in [-0.4, -0.2) is 17.6 Å². The molecule has 2 rings (SSSR count). The molecule has 0 spiro atoms. The van der Waals surface area contributed by atoms with Gasteiger partial charge in [0.2, 0.25) is 5.76 Å². The Hall–Kier alpha value is -2.65. The van der Waals surface area contributed by atoms with E-state index >= 15 is 0 Å². The molecular weight excluding hydrogens is 249 g/mol. The van der Waals surface area contributed by atoms with Crippen molar-refractivity contribution in [2.24, 2.45) is 5.73 Å². The van der Waals surface area contributed by atoms with Crippen molar-refractivity contribution in [3.05, 3.63) is 47.6 Å². The third-order valence-electron chi connectivity index (χ3n) is 2.22. The highest BCUT2D eigenvalue weighted by Gasteiger charge is 2.12. The van der Waals surface area contributed by atoms with Gasteiger partial charge in [-0.05, 0) is 18.2 Å². The summed E-state index contributed by atoms with van der Waals surface area (Å²) in [5.74, 6) is 4.42. The molecule has 5 nitrogen and oxygen atoms in total. The molecule has 19 heavy (non-hydrogen) atoms. The van der Waals surface area contributed by atoms with Crippen LogP contribution in [0.1, 0.15) is 16.1 Å². The second kappa shape index (κ2) is 5.80. The fourth-order valence-corrected chi connectivity index (χ4v) is 1.39. The average molecular weight is 259 g/mol. The Morgan fingerprint density at radius 3 is 3.00 bits per heavy atom. The lowest BCUT2D eigenvalue weighted by Crippen LogP contribution is -2.12. The monoisotopic (exact) mass is 259 g/mol.